The Labute approximate surface area is 161 Å². The van der Waals surface area contributed by atoms with Crippen LogP contribution in [0.1, 0.15) is 51.0 Å². The van der Waals surface area contributed by atoms with Gasteiger partial charge in [-0.15, -0.1) is 0 Å². The number of carbonyl (C=O) groups is 2. The third kappa shape index (κ3) is 9.02. The van der Waals surface area contributed by atoms with Crippen LogP contribution in [0.3, 0.4) is 0 Å². The second-order valence-electron chi connectivity index (χ2n) is 6.55. The SMILES string of the molecule is CCC(=O)CC(=O)OCCOc1ccc(CCCOC2CCCCO2)cc1. The van der Waals surface area contributed by atoms with E-state index >= 15 is 0 Å². The van der Waals surface area contributed by atoms with Crippen LogP contribution in [0.2, 0.25) is 0 Å². The molecule has 6 nitrogen and oxygen atoms in total. The summed E-state index contributed by atoms with van der Waals surface area (Å²) in [7, 11) is 0. The first-order valence-electron chi connectivity index (χ1n) is 9.79. The molecule has 6 heteroatoms. The lowest BCUT2D eigenvalue weighted by Crippen LogP contribution is -2.22. The first-order chi connectivity index (χ1) is 13.2. The highest BCUT2D eigenvalue weighted by Crippen LogP contribution is 2.16. The maximum absolute atomic E-state index is 11.4. The van der Waals surface area contributed by atoms with Crippen LogP contribution < -0.4 is 4.74 Å². The van der Waals surface area contributed by atoms with Crippen molar-refractivity contribution in [1.82, 2.24) is 0 Å². The topological polar surface area (TPSA) is 71.1 Å². The lowest BCUT2D eigenvalue weighted by Gasteiger charge is -2.22. The van der Waals surface area contributed by atoms with Gasteiger partial charge < -0.3 is 18.9 Å². The number of hydrogen-bond donors (Lipinski definition) is 0. The van der Waals surface area contributed by atoms with Gasteiger partial charge in [0.05, 0.1) is 6.61 Å². The molecule has 1 aliphatic rings. The van der Waals surface area contributed by atoms with Crippen LogP contribution in [0, 0.1) is 0 Å². The van der Waals surface area contributed by atoms with E-state index in [1.54, 1.807) is 6.92 Å². The van der Waals surface area contributed by atoms with Gasteiger partial charge in [0.1, 0.15) is 31.2 Å². The Morgan fingerprint density at radius 3 is 2.63 bits per heavy atom. The van der Waals surface area contributed by atoms with E-state index in [0.717, 1.165) is 38.0 Å². The van der Waals surface area contributed by atoms with Gasteiger partial charge in [0.2, 0.25) is 0 Å². The highest BCUT2D eigenvalue weighted by atomic mass is 16.7. The molecule has 2 rings (SSSR count). The Bertz CT molecular complexity index is 563. The average Bonchev–Trinajstić information content (AvgIpc) is 2.70. The van der Waals surface area contributed by atoms with Crippen molar-refractivity contribution in [3.63, 3.8) is 0 Å². The first-order valence-corrected chi connectivity index (χ1v) is 9.79. The zero-order valence-corrected chi connectivity index (χ0v) is 16.1. The minimum absolute atomic E-state index is 0.0243. The normalized spacial score (nSPS) is 16.7. The van der Waals surface area contributed by atoms with Gasteiger partial charge in [0.15, 0.2) is 6.29 Å². The van der Waals surface area contributed by atoms with E-state index in [1.807, 2.05) is 24.3 Å². The van der Waals surface area contributed by atoms with Gasteiger partial charge >= 0.3 is 5.97 Å². The monoisotopic (exact) mass is 378 g/mol. The van der Waals surface area contributed by atoms with Crippen molar-refractivity contribution in [2.45, 2.75) is 58.2 Å². The summed E-state index contributed by atoms with van der Waals surface area (Å²) in [6, 6.07) is 7.86. The third-order valence-corrected chi connectivity index (χ3v) is 4.33. The first kappa shape index (κ1) is 21.4. The van der Waals surface area contributed by atoms with Gasteiger partial charge in [-0.25, -0.2) is 0 Å². The molecule has 1 atom stereocenters. The Hall–Kier alpha value is -1.92. The highest BCUT2D eigenvalue weighted by molar-refractivity contribution is 5.95. The Morgan fingerprint density at radius 1 is 1.11 bits per heavy atom. The van der Waals surface area contributed by atoms with E-state index in [0.29, 0.717) is 13.0 Å². The number of Topliss-reactive ketones (excluding diaryl/α,β-unsaturated/α-hetero) is 1. The number of aryl methyl sites for hydroxylation is 1. The Kier molecular flexibility index (Phi) is 9.87. The fourth-order valence-corrected chi connectivity index (χ4v) is 2.74. The third-order valence-electron chi connectivity index (χ3n) is 4.33. The number of ketones is 1. The summed E-state index contributed by atoms with van der Waals surface area (Å²) in [6.45, 7) is 3.64. The van der Waals surface area contributed by atoms with Crippen molar-refractivity contribution < 1.29 is 28.5 Å². The van der Waals surface area contributed by atoms with Crippen molar-refractivity contribution >= 4 is 11.8 Å². The molecular formula is C21H30O6. The van der Waals surface area contributed by atoms with Gasteiger partial charge in [-0.3, -0.25) is 9.59 Å². The van der Waals surface area contributed by atoms with Crippen LogP contribution in [0.4, 0.5) is 0 Å². The van der Waals surface area contributed by atoms with Crippen molar-refractivity contribution in [3.05, 3.63) is 29.8 Å². The van der Waals surface area contributed by atoms with Crippen molar-refractivity contribution in [3.8, 4) is 5.75 Å². The van der Waals surface area contributed by atoms with E-state index in [1.165, 1.54) is 12.0 Å². The summed E-state index contributed by atoms with van der Waals surface area (Å²) in [5, 5.41) is 0. The number of ether oxygens (including phenoxy) is 4. The molecule has 27 heavy (non-hydrogen) atoms. The number of carbonyl (C=O) groups excluding carboxylic acids is 2. The summed E-state index contributed by atoms with van der Waals surface area (Å²) < 4.78 is 21.8. The minimum Gasteiger partial charge on any atom is -0.490 e. The molecule has 150 valence electrons. The molecule has 1 aromatic rings. The molecule has 0 spiro atoms. The number of esters is 1. The zero-order valence-electron chi connectivity index (χ0n) is 16.1. The fourth-order valence-electron chi connectivity index (χ4n) is 2.74. The maximum atomic E-state index is 11.4. The Balaban J connectivity index is 1.55. The molecule has 1 aromatic carbocycles. The number of benzene rings is 1. The van der Waals surface area contributed by atoms with Gasteiger partial charge in [-0.05, 0) is 49.8 Å². The second-order valence-corrected chi connectivity index (χ2v) is 6.55. The average molecular weight is 378 g/mol. The molecule has 1 heterocycles. The van der Waals surface area contributed by atoms with Crippen molar-refractivity contribution in [2.24, 2.45) is 0 Å². The Morgan fingerprint density at radius 2 is 1.93 bits per heavy atom. The standard InChI is InChI=1S/C21H30O6/c1-2-18(22)16-20(23)25-15-14-24-19-10-8-17(9-11-19)6-5-13-27-21-7-3-4-12-26-21/h8-11,21H,2-7,12-16H2,1H3. The van der Waals surface area contributed by atoms with Gasteiger partial charge in [-0.2, -0.15) is 0 Å². The molecule has 0 aromatic heterocycles. The largest absolute Gasteiger partial charge is 0.490 e. The van der Waals surface area contributed by atoms with Gasteiger partial charge in [0.25, 0.3) is 0 Å². The van der Waals surface area contributed by atoms with Crippen LogP contribution in [0.25, 0.3) is 0 Å². The summed E-state index contributed by atoms with van der Waals surface area (Å²) in [5.41, 5.74) is 1.22. The molecule has 0 N–H and O–H groups in total. The molecule has 0 radical (unpaired) electrons. The molecule has 0 saturated carbocycles. The quantitative estimate of drug-likeness (QED) is 0.315. The predicted octanol–water partition coefficient (Wildman–Crippen LogP) is 3.45. The molecule has 1 unspecified atom stereocenters. The van der Waals surface area contributed by atoms with Crippen molar-refractivity contribution in [1.29, 1.82) is 0 Å². The van der Waals surface area contributed by atoms with Gasteiger partial charge in [0, 0.05) is 13.0 Å². The zero-order chi connectivity index (χ0) is 19.3. The smallest absolute Gasteiger partial charge is 0.313 e. The van der Waals surface area contributed by atoms with E-state index in [4.69, 9.17) is 18.9 Å². The van der Waals surface area contributed by atoms with E-state index in [-0.39, 0.29) is 31.7 Å². The van der Waals surface area contributed by atoms with Crippen LogP contribution in [0.15, 0.2) is 24.3 Å². The van der Waals surface area contributed by atoms with Gasteiger partial charge in [-0.1, -0.05) is 19.1 Å². The summed E-state index contributed by atoms with van der Waals surface area (Å²) in [4.78, 5) is 22.5. The number of rotatable bonds is 12. The molecule has 0 aliphatic carbocycles. The lowest BCUT2D eigenvalue weighted by molar-refractivity contribution is -0.162. The van der Waals surface area contributed by atoms with Crippen LogP contribution >= 0.6 is 0 Å². The number of hydrogen-bond acceptors (Lipinski definition) is 6. The molecule has 1 fully saturated rings. The summed E-state index contributed by atoms with van der Waals surface area (Å²) in [6.07, 6.45) is 5.36. The molecule has 0 bridgehead atoms. The minimum atomic E-state index is -0.498. The van der Waals surface area contributed by atoms with E-state index in [9.17, 15) is 9.59 Å². The van der Waals surface area contributed by atoms with Crippen LogP contribution in [-0.2, 0) is 30.2 Å². The fraction of sp³-hybridized carbons (Fsp3) is 0.619. The highest BCUT2D eigenvalue weighted by Gasteiger charge is 2.13. The van der Waals surface area contributed by atoms with E-state index in [2.05, 4.69) is 0 Å². The second kappa shape index (κ2) is 12.5. The molecule has 0 amide bonds. The van der Waals surface area contributed by atoms with Crippen LogP contribution in [-0.4, -0.2) is 44.5 Å². The van der Waals surface area contributed by atoms with Crippen LogP contribution in [0.5, 0.6) is 5.75 Å². The lowest BCUT2D eigenvalue weighted by atomic mass is 10.1. The summed E-state index contributed by atoms with van der Waals surface area (Å²) in [5.74, 6) is 0.112. The molecular weight excluding hydrogens is 348 g/mol. The van der Waals surface area contributed by atoms with E-state index < -0.39 is 5.97 Å². The molecule has 1 saturated heterocycles. The maximum Gasteiger partial charge on any atom is 0.313 e. The molecule has 1 aliphatic heterocycles. The predicted molar refractivity (Wildman–Crippen MR) is 101 cm³/mol. The summed E-state index contributed by atoms with van der Waals surface area (Å²) >= 11 is 0. The van der Waals surface area contributed by atoms with Crippen molar-refractivity contribution in [2.75, 3.05) is 26.4 Å².